The second kappa shape index (κ2) is 7.92. The van der Waals surface area contributed by atoms with Gasteiger partial charge < -0.3 is 4.74 Å². The standard InChI is InChI=1S/C14H21BrClNO3S/c1-10(2)17(5-6-20-4)21(18,19)13-8-12(9-16)7-11(3)14(13)15/h7-8,10H,5-6,9H2,1-4H3. The molecule has 7 heteroatoms. The molecule has 0 aliphatic carbocycles. The van der Waals surface area contributed by atoms with Crippen molar-refractivity contribution in [3.05, 3.63) is 27.7 Å². The van der Waals surface area contributed by atoms with Crippen molar-refractivity contribution < 1.29 is 13.2 Å². The van der Waals surface area contributed by atoms with Gasteiger partial charge in [-0.3, -0.25) is 0 Å². The molecule has 1 rings (SSSR count). The van der Waals surface area contributed by atoms with Gasteiger partial charge in [-0.25, -0.2) is 8.42 Å². The van der Waals surface area contributed by atoms with Crippen molar-refractivity contribution in [1.82, 2.24) is 4.31 Å². The zero-order valence-electron chi connectivity index (χ0n) is 12.7. The minimum Gasteiger partial charge on any atom is -0.383 e. The highest BCUT2D eigenvalue weighted by atomic mass is 79.9. The first kappa shape index (κ1) is 18.9. The average molecular weight is 399 g/mol. The second-order valence-electron chi connectivity index (χ2n) is 5.06. The monoisotopic (exact) mass is 397 g/mol. The molecule has 0 aliphatic heterocycles. The van der Waals surface area contributed by atoms with Crippen LogP contribution in [0.4, 0.5) is 0 Å². The van der Waals surface area contributed by atoms with E-state index in [-0.39, 0.29) is 16.8 Å². The first-order valence-electron chi connectivity index (χ1n) is 6.61. The topological polar surface area (TPSA) is 46.6 Å². The third kappa shape index (κ3) is 4.42. The normalized spacial score (nSPS) is 12.4. The summed E-state index contributed by atoms with van der Waals surface area (Å²) in [5.41, 5.74) is 1.63. The lowest BCUT2D eigenvalue weighted by Crippen LogP contribution is -2.39. The highest BCUT2D eigenvalue weighted by Crippen LogP contribution is 2.30. The van der Waals surface area contributed by atoms with Crippen molar-refractivity contribution in [1.29, 1.82) is 0 Å². The van der Waals surface area contributed by atoms with Gasteiger partial charge >= 0.3 is 0 Å². The van der Waals surface area contributed by atoms with E-state index >= 15 is 0 Å². The van der Waals surface area contributed by atoms with Crippen molar-refractivity contribution >= 4 is 37.6 Å². The molecule has 0 aliphatic rings. The summed E-state index contributed by atoms with van der Waals surface area (Å²) in [6, 6.07) is 3.35. The van der Waals surface area contributed by atoms with Gasteiger partial charge in [0.05, 0.1) is 11.5 Å². The van der Waals surface area contributed by atoms with E-state index in [1.54, 1.807) is 13.2 Å². The molecule has 0 fully saturated rings. The van der Waals surface area contributed by atoms with Gasteiger partial charge in [-0.2, -0.15) is 4.31 Å². The molecule has 21 heavy (non-hydrogen) atoms. The Morgan fingerprint density at radius 1 is 1.38 bits per heavy atom. The Bertz CT molecular complexity index is 590. The summed E-state index contributed by atoms with van der Waals surface area (Å²) in [7, 11) is -2.06. The number of sulfonamides is 1. The lowest BCUT2D eigenvalue weighted by atomic mass is 10.2. The van der Waals surface area contributed by atoms with Crippen LogP contribution in [0.5, 0.6) is 0 Å². The summed E-state index contributed by atoms with van der Waals surface area (Å²) < 4.78 is 32.9. The van der Waals surface area contributed by atoms with Gasteiger partial charge in [0.1, 0.15) is 0 Å². The van der Waals surface area contributed by atoms with Crippen molar-refractivity contribution in [3.63, 3.8) is 0 Å². The van der Waals surface area contributed by atoms with E-state index in [9.17, 15) is 8.42 Å². The Morgan fingerprint density at radius 3 is 2.48 bits per heavy atom. The number of nitrogens with zero attached hydrogens (tertiary/aromatic N) is 1. The van der Waals surface area contributed by atoms with E-state index in [2.05, 4.69) is 15.9 Å². The average Bonchev–Trinajstić information content (AvgIpc) is 2.41. The second-order valence-corrected chi connectivity index (χ2v) is 7.98. The molecule has 0 saturated carbocycles. The number of halogens is 2. The molecule has 0 bridgehead atoms. The fraction of sp³-hybridized carbons (Fsp3) is 0.571. The third-order valence-electron chi connectivity index (χ3n) is 3.11. The highest BCUT2D eigenvalue weighted by molar-refractivity contribution is 9.10. The number of ether oxygens (including phenoxy) is 1. The molecule has 0 N–H and O–H groups in total. The van der Waals surface area contributed by atoms with E-state index < -0.39 is 10.0 Å². The quantitative estimate of drug-likeness (QED) is 0.660. The zero-order valence-corrected chi connectivity index (χ0v) is 15.8. The molecule has 0 amide bonds. The summed E-state index contributed by atoms with van der Waals surface area (Å²) in [6.45, 7) is 6.21. The minimum absolute atomic E-state index is 0.156. The van der Waals surface area contributed by atoms with E-state index in [1.165, 1.54) is 4.31 Å². The molecule has 0 spiro atoms. The van der Waals surface area contributed by atoms with E-state index in [0.717, 1.165) is 11.1 Å². The number of alkyl halides is 1. The molecular weight excluding hydrogens is 378 g/mol. The molecule has 1 aromatic carbocycles. The summed E-state index contributed by atoms with van der Waals surface area (Å²) >= 11 is 9.24. The molecule has 0 atom stereocenters. The van der Waals surface area contributed by atoms with Gasteiger partial charge in [-0.15, -0.1) is 11.6 Å². The Hall–Kier alpha value is -0.140. The third-order valence-corrected chi connectivity index (χ3v) is 6.84. The number of rotatable bonds is 7. The predicted molar refractivity (Wildman–Crippen MR) is 89.3 cm³/mol. The lowest BCUT2D eigenvalue weighted by molar-refractivity contribution is 0.171. The smallest absolute Gasteiger partial charge is 0.244 e. The predicted octanol–water partition coefficient (Wildman–Crippen LogP) is 3.54. The van der Waals surface area contributed by atoms with Crippen LogP contribution < -0.4 is 0 Å². The molecular formula is C14H21BrClNO3S. The van der Waals surface area contributed by atoms with Gasteiger partial charge in [0.25, 0.3) is 0 Å². The molecule has 4 nitrogen and oxygen atoms in total. The fourth-order valence-corrected chi connectivity index (χ4v) is 4.84. The van der Waals surface area contributed by atoms with Gasteiger partial charge in [-0.05, 0) is 53.9 Å². The molecule has 0 radical (unpaired) electrons. The lowest BCUT2D eigenvalue weighted by Gasteiger charge is -2.26. The van der Waals surface area contributed by atoms with Crippen molar-refractivity contribution in [2.75, 3.05) is 20.3 Å². The van der Waals surface area contributed by atoms with Crippen molar-refractivity contribution in [3.8, 4) is 0 Å². The summed E-state index contributed by atoms with van der Waals surface area (Å²) in [5.74, 6) is 0.274. The van der Waals surface area contributed by atoms with Crippen LogP contribution in [0.15, 0.2) is 21.5 Å². The Labute approximate surface area is 140 Å². The first-order chi connectivity index (χ1) is 9.75. The van der Waals surface area contributed by atoms with Crippen molar-refractivity contribution in [2.24, 2.45) is 0 Å². The van der Waals surface area contributed by atoms with Crippen molar-refractivity contribution in [2.45, 2.75) is 37.6 Å². The molecule has 1 aromatic rings. The number of benzene rings is 1. The maximum atomic E-state index is 12.9. The Morgan fingerprint density at radius 2 is 2.00 bits per heavy atom. The Balaban J connectivity index is 3.37. The minimum atomic E-state index is -3.61. The summed E-state index contributed by atoms with van der Waals surface area (Å²) in [4.78, 5) is 0.253. The van der Waals surface area contributed by atoms with Crippen LogP contribution in [0.25, 0.3) is 0 Å². The largest absolute Gasteiger partial charge is 0.383 e. The molecule has 0 unspecified atom stereocenters. The first-order valence-corrected chi connectivity index (χ1v) is 9.38. The summed E-state index contributed by atoms with van der Waals surface area (Å²) in [6.07, 6.45) is 0. The molecule has 0 aromatic heterocycles. The van der Waals surface area contributed by atoms with E-state index in [4.69, 9.17) is 16.3 Å². The van der Waals surface area contributed by atoms with Crippen LogP contribution >= 0.6 is 27.5 Å². The number of hydrogen-bond acceptors (Lipinski definition) is 3. The van der Waals surface area contributed by atoms with Crippen LogP contribution in [0.1, 0.15) is 25.0 Å². The number of hydrogen-bond donors (Lipinski definition) is 0. The maximum Gasteiger partial charge on any atom is 0.244 e. The molecule has 0 heterocycles. The van der Waals surface area contributed by atoms with Gasteiger partial charge in [-0.1, -0.05) is 6.07 Å². The number of aryl methyl sites for hydroxylation is 1. The zero-order chi connectivity index (χ0) is 16.2. The number of methoxy groups -OCH3 is 1. The Kier molecular flexibility index (Phi) is 7.13. The summed E-state index contributed by atoms with van der Waals surface area (Å²) in [5, 5.41) is 0. The van der Waals surface area contributed by atoms with Crippen LogP contribution in [0, 0.1) is 6.92 Å². The van der Waals surface area contributed by atoms with Gasteiger partial charge in [0, 0.05) is 30.0 Å². The SMILES string of the molecule is COCCN(C(C)C)S(=O)(=O)c1cc(CCl)cc(C)c1Br. The fourth-order valence-electron chi connectivity index (χ4n) is 2.04. The molecule has 120 valence electrons. The van der Waals surface area contributed by atoms with E-state index in [0.29, 0.717) is 17.6 Å². The van der Waals surface area contributed by atoms with Crippen LogP contribution in [0.2, 0.25) is 0 Å². The van der Waals surface area contributed by atoms with Gasteiger partial charge in [0.15, 0.2) is 0 Å². The van der Waals surface area contributed by atoms with Gasteiger partial charge in [0.2, 0.25) is 10.0 Å². The highest BCUT2D eigenvalue weighted by Gasteiger charge is 2.29. The van der Waals surface area contributed by atoms with E-state index in [1.807, 2.05) is 26.8 Å². The van der Waals surface area contributed by atoms with Crippen LogP contribution in [0.3, 0.4) is 0 Å². The van der Waals surface area contributed by atoms with Crippen LogP contribution in [-0.4, -0.2) is 39.0 Å². The molecule has 0 saturated heterocycles. The van der Waals surface area contributed by atoms with Crippen LogP contribution in [-0.2, 0) is 20.6 Å². The maximum absolute atomic E-state index is 12.9.